The van der Waals surface area contributed by atoms with E-state index in [1.165, 1.54) is 13.2 Å². The highest BCUT2D eigenvalue weighted by Gasteiger charge is 2.27. The first kappa shape index (κ1) is 9.06. The molecule has 4 nitrogen and oxygen atoms in total. The first-order valence-electron chi connectivity index (χ1n) is 3.88. The Kier molecular flexibility index (Phi) is 2.70. The molecule has 2 unspecified atom stereocenters. The largest absolute Gasteiger partial charge is 0.496 e. The van der Waals surface area contributed by atoms with Gasteiger partial charge in [0.15, 0.2) is 0 Å². The average Bonchev–Trinajstić information content (AvgIpc) is 1.98. The van der Waals surface area contributed by atoms with Crippen molar-refractivity contribution in [2.45, 2.75) is 32.1 Å². The Labute approximate surface area is 71.2 Å². The lowest BCUT2D eigenvalue weighted by atomic mass is 10.0. The highest BCUT2D eigenvalue weighted by molar-refractivity contribution is 5.73. The van der Waals surface area contributed by atoms with Gasteiger partial charge in [-0.2, -0.15) is 0 Å². The molecule has 0 aliphatic carbocycles. The van der Waals surface area contributed by atoms with Crippen molar-refractivity contribution in [3.05, 3.63) is 12.3 Å². The van der Waals surface area contributed by atoms with Crippen LogP contribution in [0.3, 0.4) is 0 Å². The van der Waals surface area contributed by atoms with E-state index < -0.39 is 6.10 Å². The highest BCUT2D eigenvalue weighted by atomic mass is 16.5. The second-order valence-corrected chi connectivity index (χ2v) is 2.89. The maximum atomic E-state index is 10.7. The molecule has 1 rings (SSSR count). The van der Waals surface area contributed by atoms with E-state index in [9.17, 15) is 9.90 Å². The summed E-state index contributed by atoms with van der Waals surface area (Å²) in [7, 11) is 0. The van der Waals surface area contributed by atoms with Crippen LogP contribution in [0.25, 0.3) is 0 Å². The van der Waals surface area contributed by atoms with Crippen molar-refractivity contribution >= 4 is 5.91 Å². The van der Waals surface area contributed by atoms with Gasteiger partial charge in [-0.1, -0.05) is 0 Å². The summed E-state index contributed by atoms with van der Waals surface area (Å²) in [5.74, 6) is -0.155. The zero-order valence-corrected chi connectivity index (χ0v) is 7.15. The summed E-state index contributed by atoms with van der Waals surface area (Å²) in [5.41, 5.74) is 0. The highest BCUT2D eigenvalue weighted by Crippen LogP contribution is 2.11. The van der Waals surface area contributed by atoms with Crippen molar-refractivity contribution in [1.29, 1.82) is 0 Å². The Morgan fingerprint density at radius 2 is 2.33 bits per heavy atom. The van der Waals surface area contributed by atoms with Crippen molar-refractivity contribution < 1.29 is 14.6 Å². The van der Waals surface area contributed by atoms with Gasteiger partial charge in [-0.3, -0.25) is 4.79 Å². The molecule has 0 aromatic carbocycles. The van der Waals surface area contributed by atoms with Gasteiger partial charge in [-0.15, -0.1) is 0 Å². The lowest BCUT2D eigenvalue weighted by Gasteiger charge is -2.29. The third-order valence-corrected chi connectivity index (χ3v) is 1.80. The minimum absolute atomic E-state index is 0.155. The molecule has 1 amide bonds. The summed E-state index contributed by atoms with van der Waals surface area (Å²) < 4.78 is 5.02. The fraction of sp³-hybridized carbons (Fsp3) is 0.625. The van der Waals surface area contributed by atoms with E-state index in [1.807, 2.05) is 0 Å². The van der Waals surface area contributed by atoms with Gasteiger partial charge in [0.25, 0.3) is 0 Å². The van der Waals surface area contributed by atoms with Gasteiger partial charge in [0, 0.05) is 6.92 Å². The molecule has 68 valence electrons. The number of hydrogen-bond donors (Lipinski definition) is 2. The summed E-state index contributed by atoms with van der Waals surface area (Å²) in [6.07, 6.45) is 2.19. The molecule has 2 N–H and O–H groups in total. The first-order chi connectivity index (χ1) is 5.61. The van der Waals surface area contributed by atoms with Crippen LogP contribution in [-0.4, -0.2) is 29.3 Å². The summed E-state index contributed by atoms with van der Waals surface area (Å²) in [4.78, 5) is 10.7. The number of carbonyl (C=O) groups is 1. The van der Waals surface area contributed by atoms with Crippen LogP contribution in [0, 0.1) is 0 Å². The van der Waals surface area contributed by atoms with Crippen LogP contribution in [0.5, 0.6) is 0 Å². The first-order valence-corrected chi connectivity index (χ1v) is 3.88. The third kappa shape index (κ3) is 1.98. The maximum absolute atomic E-state index is 10.7. The van der Waals surface area contributed by atoms with Crippen LogP contribution in [-0.2, 0) is 9.53 Å². The van der Waals surface area contributed by atoms with E-state index in [0.717, 1.165) is 0 Å². The summed E-state index contributed by atoms with van der Waals surface area (Å²) in [5, 5.41) is 12.1. The van der Waals surface area contributed by atoms with Crippen molar-refractivity contribution in [1.82, 2.24) is 5.32 Å². The number of rotatable bonds is 1. The smallest absolute Gasteiger partial charge is 0.217 e. The number of amides is 1. The van der Waals surface area contributed by atoms with Crippen molar-refractivity contribution in [2.24, 2.45) is 0 Å². The summed E-state index contributed by atoms with van der Waals surface area (Å²) in [6, 6.07) is -0.328. The zero-order chi connectivity index (χ0) is 9.14. The molecule has 0 radical (unpaired) electrons. The van der Waals surface area contributed by atoms with E-state index in [2.05, 4.69) is 5.32 Å². The number of hydrogen-bond acceptors (Lipinski definition) is 3. The van der Waals surface area contributed by atoms with Gasteiger partial charge in [-0.25, -0.2) is 0 Å². The zero-order valence-electron chi connectivity index (χ0n) is 7.15. The van der Waals surface area contributed by atoms with E-state index in [0.29, 0.717) is 0 Å². The van der Waals surface area contributed by atoms with Gasteiger partial charge in [-0.05, 0) is 13.0 Å². The second kappa shape index (κ2) is 3.58. The fourth-order valence-corrected chi connectivity index (χ4v) is 1.11. The van der Waals surface area contributed by atoms with Gasteiger partial charge >= 0.3 is 0 Å². The molecule has 4 heteroatoms. The summed E-state index contributed by atoms with van der Waals surface area (Å²) >= 11 is 0. The molecule has 0 saturated heterocycles. The number of ether oxygens (including phenoxy) is 1. The Bertz CT molecular complexity index is 202. The average molecular weight is 171 g/mol. The molecular weight excluding hydrogens is 158 g/mol. The Morgan fingerprint density at radius 3 is 2.92 bits per heavy atom. The van der Waals surface area contributed by atoms with Gasteiger partial charge in [0.2, 0.25) is 5.91 Å². The molecule has 1 heterocycles. The van der Waals surface area contributed by atoms with E-state index in [1.54, 1.807) is 13.0 Å². The lowest BCUT2D eigenvalue weighted by molar-refractivity contribution is -0.121. The van der Waals surface area contributed by atoms with Crippen LogP contribution >= 0.6 is 0 Å². The van der Waals surface area contributed by atoms with Crippen molar-refractivity contribution in [2.75, 3.05) is 0 Å². The summed E-state index contributed by atoms with van der Waals surface area (Å²) in [6.45, 7) is 3.17. The van der Waals surface area contributed by atoms with Crippen LogP contribution < -0.4 is 5.32 Å². The van der Waals surface area contributed by atoms with Crippen LogP contribution in [0.2, 0.25) is 0 Å². The van der Waals surface area contributed by atoms with E-state index >= 15 is 0 Å². The minimum atomic E-state index is -0.668. The molecule has 1 aliphatic rings. The quantitative estimate of drug-likeness (QED) is 0.573. The molecule has 0 fully saturated rings. The van der Waals surface area contributed by atoms with Gasteiger partial charge in [0.05, 0.1) is 12.3 Å². The monoisotopic (exact) mass is 171 g/mol. The van der Waals surface area contributed by atoms with Crippen molar-refractivity contribution in [3.63, 3.8) is 0 Å². The van der Waals surface area contributed by atoms with E-state index in [4.69, 9.17) is 4.74 Å². The minimum Gasteiger partial charge on any atom is -0.496 e. The molecule has 1 aliphatic heterocycles. The van der Waals surface area contributed by atoms with Crippen molar-refractivity contribution in [3.8, 4) is 0 Å². The number of carbonyl (C=O) groups excluding carboxylic acids is 1. The van der Waals surface area contributed by atoms with Crippen LogP contribution in [0.4, 0.5) is 0 Å². The third-order valence-electron chi connectivity index (χ3n) is 1.80. The number of nitrogens with one attached hydrogen (secondary N) is 1. The lowest BCUT2D eigenvalue weighted by Crippen LogP contribution is -2.48. The number of aliphatic hydroxyl groups excluding tert-OH is 1. The molecular formula is C8H13NO3. The standard InChI is InChI=1S/C8H13NO3/c1-5-8(11)7(3-4-12-5)9-6(2)10/h3-5,7-8,11H,1-2H3,(H,9,10)/t5-,7?,8?/m0/s1. The van der Waals surface area contributed by atoms with Crippen LogP contribution in [0.15, 0.2) is 12.3 Å². The molecule has 0 aromatic heterocycles. The Morgan fingerprint density at radius 1 is 1.67 bits per heavy atom. The van der Waals surface area contributed by atoms with Gasteiger partial charge < -0.3 is 15.2 Å². The van der Waals surface area contributed by atoms with Crippen LogP contribution in [0.1, 0.15) is 13.8 Å². The molecule has 3 atom stereocenters. The predicted octanol–water partition coefficient (Wildman–Crippen LogP) is -0.216. The molecule has 0 aromatic rings. The Balaban J connectivity index is 2.57. The maximum Gasteiger partial charge on any atom is 0.217 e. The normalized spacial score (nSPS) is 34.1. The molecule has 0 bridgehead atoms. The predicted molar refractivity (Wildman–Crippen MR) is 43.3 cm³/mol. The second-order valence-electron chi connectivity index (χ2n) is 2.89. The number of aliphatic hydroxyl groups is 1. The Hall–Kier alpha value is -1.03. The topological polar surface area (TPSA) is 58.6 Å². The van der Waals surface area contributed by atoms with Gasteiger partial charge in [0.1, 0.15) is 12.2 Å². The molecule has 0 saturated carbocycles. The van der Waals surface area contributed by atoms with E-state index in [-0.39, 0.29) is 18.1 Å². The SMILES string of the molecule is CC(=O)NC1C=CO[C@@H](C)C1O. The fourth-order valence-electron chi connectivity index (χ4n) is 1.11. The molecule has 0 spiro atoms. The molecule has 12 heavy (non-hydrogen) atoms.